The van der Waals surface area contributed by atoms with Crippen LogP contribution in [0.25, 0.3) is 0 Å². The number of aromatic hydroxyl groups is 1. The predicted octanol–water partition coefficient (Wildman–Crippen LogP) is 1.71. The SMILES string of the molecule is CCOC(=O)[C@@H]1C(=O)NC(N2CCN(c3ccccn3)CC2)=N[C@H]1c1ccc(O)c(OCC)c1. The molecule has 0 saturated carbocycles. The Bertz CT molecular complexity index is 1050. The van der Waals surface area contributed by atoms with E-state index in [-0.39, 0.29) is 18.1 Å². The van der Waals surface area contributed by atoms with Crippen LogP contribution in [0.2, 0.25) is 0 Å². The lowest BCUT2D eigenvalue weighted by molar-refractivity contribution is -0.153. The summed E-state index contributed by atoms with van der Waals surface area (Å²) in [5.74, 6) is -0.669. The Morgan fingerprint density at radius 1 is 1.12 bits per heavy atom. The Balaban J connectivity index is 1.61. The van der Waals surface area contributed by atoms with Crippen LogP contribution >= 0.6 is 0 Å². The largest absolute Gasteiger partial charge is 0.504 e. The summed E-state index contributed by atoms with van der Waals surface area (Å²) in [5, 5.41) is 12.9. The summed E-state index contributed by atoms with van der Waals surface area (Å²) < 4.78 is 10.7. The predicted molar refractivity (Wildman–Crippen MR) is 126 cm³/mol. The van der Waals surface area contributed by atoms with Crippen molar-refractivity contribution in [3.63, 3.8) is 0 Å². The lowest BCUT2D eigenvalue weighted by atomic mass is 9.91. The van der Waals surface area contributed by atoms with E-state index in [9.17, 15) is 14.7 Å². The van der Waals surface area contributed by atoms with E-state index in [1.54, 1.807) is 25.3 Å². The zero-order chi connectivity index (χ0) is 24.1. The van der Waals surface area contributed by atoms with Crippen LogP contribution in [0.1, 0.15) is 25.5 Å². The molecule has 2 aliphatic heterocycles. The van der Waals surface area contributed by atoms with Crippen molar-refractivity contribution >= 4 is 23.7 Å². The molecule has 180 valence electrons. The van der Waals surface area contributed by atoms with E-state index in [0.717, 1.165) is 5.82 Å². The molecule has 10 nitrogen and oxygen atoms in total. The van der Waals surface area contributed by atoms with Crippen LogP contribution in [0, 0.1) is 5.92 Å². The first kappa shape index (κ1) is 23.3. The molecule has 34 heavy (non-hydrogen) atoms. The molecular formula is C24H29N5O5. The molecule has 2 aliphatic rings. The smallest absolute Gasteiger partial charge is 0.321 e. The number of phenols is 1. The fraction of sp³-hybridized carbons (Fsp3) is 0.417. The van der Waals surface area contributed by atoms with E-state index in [4.69, 9.17) is 14.5 Å². The first-order valence-electron chi connectivity index (χ1n) is 11.4. The number of rotatable bonds is 6. The highest BCUT2D eigenvalue weighted by Gasteiger charge is 2.42. The maximum Gasteiger partial charge on any atom is 0.321 e. The number of carbonyl (C=O) groups excluding carboxylic acids is 2. The fourth-order valence-electron chi connectivity index (χ4n) is 4.14. The molecule has 2 atom stereocenters. The monoisotopic (exact) mass is 467 g/mol. The minimum Gasteiger partial charge on any atom is -0.504 e. The summed E-state index contributed by atoms with van der Waals surface area (Å²) in [6.07, 6.45) is 1.77. The quantitative estimate of drug-likeness (QED) is 0.487. The number of guanidine groups is 1. The van der Waals surface area contributed by atoms with Gasteiger partial charge in [0.25, 0.3) is 0 Å². The Morgan fingerprint density at radius 3 is 2.56 bits per heavy atom. The van der Waals surface area contributed by atoms with Gasteiger partial charge >= 0.3 is 5.97 Å². The maximum atomic E-state index is 13.1. The number of hydrogen-bond acceptors (Lipinski definition) is 9. The lowest BCUT2D eigenvalue weighted by Gasteiger charge is -2.39. The second-order valence-electron chi connectivity index (χ2n) is 7.94. The van der Waals surface area contributed by atoms with Gasteiger partial charge in [-0.15, -0.1) is 0 Å². The molecule has 4 rings (SSSR count). The standard InChI is InChI=1S/C24H29N5O5/c1-3-33-18-15-16(8-9-17(18)30)21-20(23(32)34-4-2)22(31)27-24(26-21)29-13-11-28(12-14-29)19-7-5-6-10-25-19/h5-10,15,20-21,30H,3-4,11-14H2,1-2H3,(H,26,27,31)/t20-,21-/m0/s1. The molecule has 1 saturated heterocycles. The summed E-state index contributed by atoms with van der Waals surface area (Å²) in [6, 6.07) is 9.74. The zero-order valence-corrected chi connectivity index (χ0v) is 19.3. The van der Waals surface area contributed by atoms with Gasteiger partial charge in [-0.05, 0) is 43.7 Å². The zero-order valence-electron chi connectivity index (χ0n) is 19.3. The summed E-state index contributed by atoms with van der Waals surface area (Å²) in [5.41, 5.74) is 0.582. The van der Waals surface area contributed by atoms with Crippen molar-refractivity contribution in [1.82, 2.24) is 15.2 Å². The van der Waals surface area contributed by atoms with E-state index in [0.29, 0.717) is 44.3 Å². The summed E-state index contributed by atoms with van der Waals surface area (Å²) in [7, 11) is 0. The molecule has 0 aliphatic carbocycles. The summed E-state index contributed by atoms with van der Waals surface area (Å²) in [4.78, 5) is 39.1. The highest BCUT2D eigenvalue weighted by atomic mass is 16.5. The Kier molecular flexibility index (Phi) is 7.15. The van der Waals surface area contributed by atoms with Crippen LogP contribution in [-0.4, -0.2) is 72.2 Å². The summed E-state index contributed by atoms with van der Waals surface area (Å²) in [6.45, 7) is 6.70. The molecule has 2 aromatic rings. The average Bonchev–Trinajstić information content (AvgIpc) is 2.86. The van der Waals surface area contributed by atoms with E-state index < -0.39 is 23.8 Å². The third-order valence-electron chi connectivity index (χ3n) is 5.81. The highest BCUT2D eigenvalue weighted by molar-refractivity contribution is 6.08. The number of phenolic OH excluding ortho intramolecular Hbond substituents is 1. The number of ether oxygens (including phenoxy) is 2. The van der Waals surface area contributed by atoms with Gasteiger partial charge in [0.2, 0.25) is 11.9 Å². The molecule has 1 aromatic heterocycles. The van der Waals surface area contributed by atoms with Gasteiger partial charge < -0.3 is 24.4 Å². The van der Waals surface area contributed by atoms with E-state index in [1.165, 1.54) is 6.07 Å². The second-order valence-corrected chi connectivity index (χ2v) is 7.94. The Morgan fingerprint density at radius 2 is 1.88 bits per heavy atom. The molecule has 2 N–H and O–H groups in total. The van der Waals surface area contributed by atoms with E-state index in [2.05, 4.69) is 15.2 Å². The fourth-order valence-corrected chi connectivity index (χ4v) is 4.14. The highest BCUT2D eigenvalue weighted by Crippen LogP contribution is 2.36. The molecule has 1 fully saturated rings. The van der Waals surface area contributed by atoms with Crippen LogP contribution in [0.5, 0.6) is 11.5 Å². The van der Waals surface area contributed by atoms with Crippen molar-refractivity contribution in [2.24, 2.45) is 10.9 Å². The molecule has 0 radical (unpaired) electrons. The number of aromatic nitrogens is 1. The molecule has 1 aromatic carbocycles. The molecule has 0 bridgehead atoms. The second kappa shape index (κ2) is 10.4. The number of esters is 1. The number of amides is 1. The van der Waals surface area contributed by atoms with Crippen molar-refractivity contribution in [2.75, 3.05) is 44.3 Å². The normalized spacial score (nSPS) is 20.4. The van der Waals surface area contributed by atoms with Crippen molar-refractivity contribution in [3.8, 4) is 11.5 Å². The molecule has 0 unspecified atom stereocenters. The van der Waals surface area contributed by atoms with E-state index in [1.807, 2.05) is 30.0 Å². The molecule has 1 amide bonds. The Hall–Kier alpha value is -3.82. The minimum atomic E-state index is -1.14. The number of anilines is 1. The number of piperazine rings is 1. The maximum absolute atomic E-state index is 13.1. The van der Waals surface area contributed by atoms with Crippen LogP contribution in [0.3, 0.4) is 0 Å². The van der Waals surface area contributed by atoms with Crippen molar-refractivity contribution in [2.45, 2.75) is 19.9 Å². The van der Waals surface area contributed by atoms with Crippen LogP contribution in [-0.2, 0) is 14.3 Å². The average molecular weight is 468 g/mol. The van der Waals surface area contributed by atoms with Gasteiger partial charge in [0.15, 0.2) is 17.4 Å². The third kappa shape index (κ3) is 4.90. The van der Waals surface area contributed by atoms with E-state index >= 15 is 0 Å². The van der Waals surface area contributed by atoms with Crippen LogP contribution in [0.4, 0.5) is 5.82 Å². The lowest BCUT2D eigenvalue weighted by Crippen LogP contribution is -2.57. The van der Waals surface area contributed by atoms with Gasteiger partial charge in [-0.2, -0.15) is 0 Å². The van der Waals surface area contributed by atoms with Crippen molar-refractivity contribution < 1.29 is 24.2 Å². The molecule has 3 heterocycles. The molecular weight excluding hydrogens is 438 g/mol. The van der Waals surface area contributed by atoms with Crippen LogP contribution in [0.15, 0.2) is 47.6 Å². The van der Waals surface area contributed by atoms with Gasteiger partial charge in [-0.1, -0.05) is 12.1 Å². The van der Waals surface area contributed by atoms with Crippen molar-refractivity contribution in [1.29, 1.82) is 0 Å². The third-order valence-corrected chi connectivity index (χ3v) is 5.81. The van der Waals surface area contributed by atoms with Gasteiger partial charge in [0, 0.05) is 32.4 Å². The number of carbonyl (C=O) groups is 2. The topological polar surface area (TPSA) is 117 Å². The van der Waals surface area contributed by atoms with Crippen molar-refractivity contribution in [3.05, 3.63) is 48.2 Å². The van der Waals surface area contributed by atoms with Gasteiger partial charge in [0.1, 0.15) is 11.9 Å². The van der Waals surface area contributed by atoms with Gasteiger partial charge in [0.05, 0.1) is 13.2 Å². The summed E-state index contributed by atoms with van der Waals surface area (Å²) >= 11 is 0. The first-order chi connectivity index (χ1) is 16.5. The van der Waals surface area contributed by atoms with Gasteiger partial charge in [-0.25, -0.2) is 9.98 Å². The van der Waals surface area contributed by atoms with Crippen LogP contribution < -0.4 is 15.0 Å². The number of benzene rings is 1. The number of nitrogens with one attached hydrogen (secondary N) is 1. The number of hydrogen-bond donors (Lipinski definition) is 2. The molecule has 0 spiro atoms. The number of pyridine rings is 1. The first-order valence-corrected chi connectivity index (χ1v) is 11.4. The number of aliphatic imine (C=N–C) groups is 1. The number of nitrogens with zero attached hydrogens (tertiary/aromatic N) is 4. The minimum absolute atomic E-state index is 0.0200. The Labute approximate surface area is 198 Å². The molecule has 10 heteroatoms. The van der Waals surface area contributed by atoms with Gasteiger partial charge in [-0.3, -0.25) is 14.9 Å².